The van der Waals surface area contributed by atoms with Crippen LogP contribution in [0.15, 0.2) is 54.2 Å². The number of rotatable bonds is 8. The van der Waals surface area contributed by atoms with E-state index in [-0.39, 0.29) is 0 Å². The van der Waals surface area contributed by atoms with Crippen molar-refractivity contribution in [3.05, 3.63) is 71.3 Å². The molecule has 2 rings (SSSR count). The second-order valence-corrected chi connectivity index (χ2v) is 6.64. The molecule has 0 saturated heterocycles. The summed E-state index contributed by atoms with van der Waals surface area (Å²) in [6.45, 7) is 10.2. The third kappa shape index (κ3) is 5.60. The topological polar surface area (TPSA) is 60.4 Å². The lowest BCUT2D eigenvalue weighted by molar-refractivity contribution is 0.175. The third-order valence-corrected chi connectivity index (χ3v) is 4.49. The molecule has 0 spiro atoms. The van der Waals surface area contributed by atoms with Gasteiger partial charge in [-0.05, 0) is 50.1 Å². The maximum Gasteiger partial charge on any atom is 0.413 e. The first kappa shape index (κ1) is 22.0. The third-order valence-electron chi connectivity index (χ3n) is 4.49. The van der Waals surface area contributed by atoms with Gasteiger partial charge in [-0.3, -0.25) is 4.90 Å². The molecule has 29 heavy (non-hydrogen) atoms. The normalized spacial score (nSPS) is 11.0. The molecule has 0 unspecified atom stereocenters. The van der Waals surface area contributed by atoms with Crippen LogP contribution in [-0.2, 0) is 16.2 Å². The number of benzene rings is 2. The Kier molecular flexibility index (Phi) is 7.83. The number of carbonyl (C=O) groups is 1. The molecule has 154 valence electrons. The summed E-state index contributed by atoms with van der Waals surface area (Å²) < 4.78 is 10.9. The highest BCUT2D eigenvalue weighted by Gasteiger charge is 2.15. The molecule has 0 atom stereocenters. The van der Waals surface area contributed by atoms with Crippen LogP contribution in [0.4, 0.5) is 10.5 Å². The lowest BCUT2D eigenvalue weighted by atomic mass is 10.0. The molecule has 0 bridgehead atoms. The number of hydrogen-bond donors (Lipinski definition) is 0. The van der Waals surface area contributed by atoms with Crippen molar-refractivity contribution in [2.24, 2.45) is 5.16 Å². The van der Waals surface area contributed by atoms with E-state index in [9.17, 15) is 4.79 Å². The molecule has 0 N–H and O–H groups in total. The highest BCUT2D eigenvalue weighted by Crippen LogP contribution is 2.27. The zero-order valence-corrected chi connectivity index (χ0v) is 17.7. The van der Waals surface area contributed by atoms with E-state index >= 15 is 0 Å². The van der Waals surface area contributed by atoms with Crippen molar-refractivity contribution < 1.29 is 19.1 Å². The van der Waals surface area contributed by atoms with Gasteiger partial charge in [0.05, 0.1) is 18.5 Å². The Labute approximate surface area is 172 Å². The number of para-hydroxylation sites is 1. The van der Waals surface area contributed by atoms with E-state index < -0.39 is 6.09 Å². The Hall–Kier alpha value is -3.28. The molecule has 6 heteroatoms. The number of anilines is 1. The Balaban J connectivity index is 2.20. The van der Waals surface area contributed by atoms with Crippen LogP contribution in [0.3, 0.4) is 0 Å². The maximum absolute atomic E-state index is 11.9. The van der Waals surface area contributed by atoms with E-state index in [2.05, 4.69) is 11.7 Å². The summed E-state index contributed by atoms with van der Waals surface area (Å²) in [5.74, 6) is 0.779. The molecule has 0 radical (unpaired) electrons. The van der Waals surface area contributed by atoms with Gasteiger partial charge in [0.25, 0.3) is 0 Å². The Morgan fingerprint density at radius 3 is 2.62 bits per heavy atom. The second-order valence-electron chi connectivity index (χ2n) is 6.64. The van der Waals surface area contributed by atoms with Crippen LogP contribution in [0.2, 0.25) is 0 Å². The van der Waals surface area contributed by atoms with Gasteiger partial charge < -0.3 is 14.3 Å². The van der Waals surface area contributed by atoms with Crippen molar-refractivity contribution in [1.82, 2.24) is 0 Å². The molecular formula is C23H28N2O4. The summed E-state index contributed by atoms with van der Waals surface area (Å²) in [6.07, 6.45) is 1.23. The fourth-order valence-electron chi connectivity index (χ4n) is 2.92. The number of carbonyl (C=O) groups excluding carboxylic acids is 1. The first-order valence-corrected chi connectivity index (χ1v) is 9.30. The minimum Gasteiger partial charge on any atom is -0.489 e. The van der Waals surface area contributed by atoms with E-state index in [1.54, 1.807) is 13.1 Å². The van der Waals surface area contributed by atoms with Crippen LogP contribution < -0.4 is 9.64 Å². The number of nitrogens with zero attached hydrogens (tertiary/aromatic N) is 2. The smallest absolute Gasteiger partial charge is 0.413 e. The van der Waals surface area contributed by atoms with Gasteiger partial charge >= 0.3 is 6.09 Å². The summed E-state index contributed by atoms with van der Waals surface area (Å²) in [5, 5.41) is 4.12. The number of oxime groups is 1. The number of ether oxygens (including phenoxy) is 2. The van der Waals surface area contributed by atoms with E-state index in [0.717, 1.165) is 39.4 Å². The van der Waals surface area contributed by atoms with Crippen molar-refractivity contribution in [3.63, 3.8) is 0 Å². The molecule has 0 aliphatic rings. The minimum atomic E-state index is -0.428. The summed E-state index contributed by atoms with van der Waals surface area (Å²) in [6, 6.07) is 11.6. The first-order valence-electron chi connectivity index (χ1n) is 9.30. The predicted molar refractivity (Wildman–Crippen MR) is 116 cm³/mol. The lowest BCUT2D eigenvalue weighted by Gasteiger charge is -2.20. The van der Waals surface area contributed by atoms with Crippen molar-refractivity contribution in [2.75, 3.05) is 25.7 Å². The standard InChI is InChI=1S/C23H28N2O4/c1-7-12-29-24-18(4)20-13-17(3)22(14-16(20)2)28-15-19-10-8-9-11-21(19)25(5)23(26)27-6/h7-11,13-14H,1,12,15H2,2-6H3. The van der Waals surface area contributed by atoms with Gasteiger partial charge in [-0.25, -0.2) is 4.79 Å². The Morgan fingerprint density at radius 1 is 1.21 bits per heavy atom. The molecule has 0 aliphatic heterocycles. The molecule has 2 aromatic rings. The van der Waals surface area contributed by atoms with E-state index in [4.69, 9.17) is 14.3 Å². The summed E-state index contributed by atoms with van der Waals surface area (Å²) >= 11 is 0. The van der Waals surface area contributed by atoms with Crippen LogP contribution in [0.5, 0.6) is 5.75 Å². The van der Waals surface area contributed by atoms with E-state index in [1.807, 2.05) is 57.2 Å². The van der Waals surface area contributed by atoms with Crippen molar-refractivity contribution >= 4 is 17.5 Å². The molecule has 0 aliphatic carbocycles. The molecular weight excluding hydrogens is 368 g/mol. The van der Waals surface area contributed by atoms with Crippen LogP contribution in [0.1, 0.15) is 29.2 Å². The minimum absolute atomic E-state index is 0.326. The van der Waals surface area contributed by atoms with Gasteiger partial charge in [0.15, 0.2) is 0 Å². The van der Waals surface area contributed by atoms with Gasteiger partial charge in [-0.1, -0.05) is 36.0 Å². The summed E-state index contributed by atoms with van der Waals surface area (Å²) in [5.41, 5.74) is 5.45. The average molecular weight is 396 g/mol. The first-order chi connectivity index (χ1) is 13.9. The average Bonchev–Trinajstić information content (AvgIpc) is 2.73. The maximum atomic E-state index is 11.9. The van der Waals surface area contributed by atoms with Gasteiger partial charge in [0.2, 0.25) is 0 Å². The predicted octanol–water partition coefficient (Wildman–Crippen LogP) is 5.01. The zero-order valence-electron chi connectivity index (χ0n) is 17.7. The molecule has 0 heterocycles. The van der Waals surface area contributed by atoms with Gasteiger partial charge in [0.1, 0.15) is 19.0 Å². The molecule has 1 amide bonds. The number of amides is 1. The fourth-order valence-corrected chi connectivity index (χ4v) is 2.92. The van der Waals surface area contributed by atoms with E-state index in [1.165, 1.54) is 12.0 Å². The number of methoxy groups -OCH3 is 1. The molecule has 0 aromatic heterocycles. The largest absolute Gasteiger partial charge is 0.489 e. The van der Waals surface area contributed by atoms with Crippen LogP contribution in [0.25, 0.3) is 0 Å². The number of hydrogen-bond acceptors (Lipinski definition) is 5. The highest BCUT2D eigenvalue weighted by molar-refractivity contribution is 6.00. The molecule has 6 nitrogen and oxygen atoms in total. The van der Waals surface area contributed by atoms with E-state index in [0.29, 0.717) is 13.2 Å². The highest BCUT2D eigenvalue weighted by atomic mass is 16.6. The van der Waals surface area contributed by atoms with Crippen molar-refractivity contribution in [3.8, 4) is 5.75 Å². The van der Waals surface area contributed by atoms with Crippen LogP contribution >= 0.6 is 0 Å². The lowest BCUT2D eigenvalue weighted by Crippen LogP contribution is -2.27. The van der Waals surface area contributed by atoms with Gasteiger partial charge in [-0.15, -0.1) is 0 Å². The van der Waals surface area contributed by atoms with Crippen molar-refractivity contribution in [1.29, 1.82) is 0 Å². The summed E-state index contributed by atoms with van der Waals surface area (Å²) in [4.78, 5) is 18.5. The van der Waals surface area contributed by atoms with Crippen LogP contribution in [-0.4, -0.2) is 32.6 Å². The fraction of sp³-hybridized carbons (Fsp3) is 0.304. The summed E-state index contributed by atoms with van der Waals surface area (Å²) in [7, 11) is 3.03. The number of aryl methyl sites for hydroxylation is 2. The van der Waals surface area contributed by atoms with Gasteiger partial charge in [-0.2, -0.15) is 0 Å². The molecule has 0 saturated carbocycles. The molecule has 2 aromatic carbocycles. The van der Waals surface area contributed by atoms with Gasteiger partial charge in [0, 0.05) is 18.2 Å². The van der Waals surface area contributed by atoms with Crippen molar-refractivity contribution in [2.45, 2.75) is 27.4 Å². The Morgan fingerprint density at radius 2 is 1.93 bits per heavy atom. The zero-order chi connectivity index (χ0) is 21.4. The second kappa shape index (κ2) is 10.3. The monoisotopic (exact) mass is 396 g/mol. The molecule has 0 fully saturated rings. The Bertz CT molecular complexity index is 906. The quantitative estimate of drug-likeness (QED) is 0.272. The van der Waals surface area contributed by atoms with Crippen LogP contribution in [0, 0.1) is 13.8 Å². The SMILES string of the molecule is C=CCON=C(C)c1cc(C)c(OCc2ccccc2N(C)C(=O)OC)cc1C.